The van der Waals surface area contributed by atoms with Gasteiger partial charge in [-0.3, -0.25) is 24.0 Å². The summed E-state index contributed by atoms with van der Waals surface area (Å²) in [5.41, 5.74) is -0.737. The highest BCUT2D eigenvalue weighted by Gasteiger charge is 2.46. The number of hydrogen-bond donors (Lipinski definition) is 4. The first kappa shape index (κ1) is 48.7. The average Bonchev–Trinajstić information content (AvgIpc) is 3.78. The van der Waals surface area contributed by atoms with E-state index in [0.29, 0.717) is 12.3 Å². The maximum absolute atomic E-state index is 13.9. The lowest BCUT2D eigenvalue weighted by molar-refractivity contribution is -0.147. The molecule has 12 heteroatoms. The van der Waals surface area contributed by atoms with E-state index in [1.54, 1.807) is 20.8 Å². The van der Waals surface area contributed by atoms with E-state index >= 15 is 0 Å². The molecule has 1 aliphatic carbocycles. The molecule has 0 radical (unpaired) electrons. The molecule has 290 valence electrons. The third-order valence-corrected chi connectivity index (χ3v) is 7.63. The van der Waals surface area contributed by atoms with Crippen LogP contribution in [-0.4, -0.2) is 84.3 Å². The van der Waals surface area contributed by atoms with Crippen LogP contribution >= 0.6 is 0 Å². The zero-order chi connectivity index (χ0) is 39.4. The Morgan fingerprint density at radius 1 is 0.880 bits per heavy atom. The average molecular weight is 710 g/mol. The number of likely N-dealkylation sites (tertiary alicyclic amines) is 1. The van der Waals surface area contributed by atoms with Crippen LogP contribution in [-0.2, 0) is 28.7 Å². The lowest BCUT2D eigenvalue weighted by Gasteiger charge is -2.35. The molecular weight excluding hydrogens is 638 g/mol. The van der Waals surface area contributed by atoms with Gasteiger partial charge >= 0.3 is 12.0 Å². The second-order valence-corrected chi connectivity index (χ2v) is 14.9. The van der Waals surface area contributed by atoms with Gasteiger partial charge in [0.2, 0.25) is 17.6 Å². The number of urea groups is 1. The van der Waals surface area contributed by atoms with Crippen molar-refractivity contribution in [3.05, 3.63) is 12.7 Å². The molecule has 0 aromatic heterocycles. The number of nitrogens with one attached hydrogen (secondary N) is 4. The second kappa shape index (κ2) is 24.7. The Balaban J connectivity index is 0. The van der Waals surface area contributed by atoms with Crippen LogP contribution in [0.4, 0.5) is 4.79 Å². The number of Topliss-reactive ketones (excluding diaryl/α,β-unsaturated/α-hetero) is 1. The van der Waals surface area contributed by atoms with Crippen LogP contribution in [0.15, 0.2) is 12.7 Å². The zero-order valence-electron chi connectivity index (χ0n) is 33.7. The van der Waals surface area contributed by atoms with Crippen LogP contribution < -0.4 is 21.3 Å². The number of hydrogen-bond acceptors (Lipinski definition) is 7. The smallest absolute Gasteiger partial charge is 0.325 e. The molecule has 3 unspecified atom stereocenters. The number of carbonyl (C=O) groups is 6. The summed E-state index contributed by atoms with van der Waals surface area (Å²) in [5.74, 6) is -1.84. The standard InChI is InChI=1S/C29H47N5O7.C4H10.C3H8.C2H6/c1-9-12-30-26(38)23(36)17(4)32-25(37)21-13-20(16(2)3)15-34(21)27(39)24(29(6,7)8)33-28(40)31-14-22(35)41-18(5)19-10-11-19;1-4(2)3;1-3-2;1-2/h9,16-21,24H,1,10-15H2,2-8H3,(H,30,38)(H,32,37)(H2,31,33,40);4H,1-3H3;3H2,1-2H3;1-2H3/t17?,18?,20-,21+,24?;;;/m1.../s1. The summed E-state index contributed by atoms with van der Waals surface area (Å²) in [4.78, 5) is 78.0. The van der Waals surface area contributed by atoms with Gasteiger partial charge in [0.05, 0.1) is 6.04 Å². The molecule has 0 spiro atoms. The summed E-state index contributed by atoms with van der Waals surface area (Å²) >= 11 is 0. The van der Waals surface area contributed by atoms with E-state index in [1.165, 1.54) is 24.3 Å². The number of esters is 1. The molecule has 0 aromatic carbocycles. The van der Waals surface area contributed by atoms with Gasteiger partial charge in [0, 0.05) is 13.1 Å². The fourth-order valence-electron chi connectivity index (χ4n) is 4.73. The molecule has 2 aliphatic rings. The lowest BCUT2D eigenvalue weighted by atomic mass is 9.85. The minimum Gasteiger partial charge on any atom is -0.461 e. The molecule has 1 aliphatic heterocycles. The van der Waals surface area contributed by atoms with Gasteiger partial charge < -0.3 is 30.9 Å². The van der Waals surface area contributed by atoms with E-state index in [9.17, 15) is 28.8 Å². The highest BCUT2D eigenvalue weighted by Crippen LogP contribution is 2.34. The van der Waals surface area contributed by atoms with Crippen LogP contribution in [0.5, 0.6) is 0 Å². The Labute approximate surface area is 303 Å². The zero-order valence-corrected chi connectivity index (χ0v) is 33.7. The number of carbonyl (C=O) groups excluding carboxylic acids is 6. The van der Waals surface area contributed by atoms with Gasteiger partial charge in [-0.15, -0.1) is 6.58 Å². The molecule has 4 N–H and O–H groups in total. The van der Waals surface area contributed by atoms with Crippen molar-refractivity contribution < 1.29 is 33.5 Å². The van der Waals surface area contributed by atoms with E-state index in [0.717, 1.165) is 18.8 Å². The van der Waals surface area contributed by atoms with Crippen LogP contribution in [0, 0.1) is 29.1 Å². The van der Waals surface area contributed by atoms with Gasteiger partial charge in [0.25, 0.3) is 5.91 Å². The highest BCUT2D eigenvalue weighted by atomic mass is 16.5. The topological polar surface area (TPSA) is 163 Å². The summed E-state index contributed by atoms with van der Waals surface area (Å²) < 4.78 is 5.33. The van der Waals surface area contributed by atoms with E-state index in [2.05, 4.69) is 62.5 Å². The van der Waals surface area contributed by atoms with Crippen LogP contribution in [0.2, 0.25) is 0 Å². The van der Waals surface area contributed by atoms with Crippen molar-refractivity contribution in [1.29, 1.82) is 0 Å². The molecule has 5 amide bonds. The SMILES string of the molecule is C=CCNC(=O)C(=O)C(C)NC(=O)[C@@H]1C[C@@H](C(C)C)CN1C(=O)C(NC(=O)NCC(=O)OC(C)C1CC1)C(C)(C)C.CC.CC(C)C.CCC. The Bertz CT molecular complexity index is 1080. The molecule has 0 aromatic rings. The van der Waals surface area contributed by atoms with E-state index in [1.807, 2.05) is 34.6 Å². The molecule has 50 heavy (non-hydrogen) atoms. The molecule has 2 fully saturated rings. The number of rotatable bonds is 13. The summed E-state index contributed by atoms with van der Waals surface area (Å²) in [5, 5.41) is 10.1. The van der Waals surface area contributed by atoms with Gasteiger partial charge in [0.1, 0.15) is 24.7 Å². The van der Waals surface area contributed by atoms with Crippen molar-refractivity contribution in [2.45, 2.75) is 147 Å². The monoisotopic (exact) mass is 710 g/mol. The third-order valence-electron chi connectivity index (χ3n) is 7.63. The molecular formula is C38H71N5O7. The number of ether oxygens (including phenoxy) is 1. The van der Waals surface area contributed by atoms with Crippen molar-refractivity contribution in [3.8, 4) is 0 Å². The maximum Gasteiger partial charge on any atom is 0.325 e. The van der Waals surface area contributed by atoms with Crippen LogP contribution in [0.3, 0.4) is 0 Å². The molecule has 1 saturated carbocycles. The number of nitrogens with zero attached hydrogens (tertiary/aromatic N) is 1. The Kier molecular flexibility index (Phi) is 24.0. The summed E-state index contributed by atoms with van der Waals surface area (Å²) in [6.07, 6.45) is 4.88. The van der Waals surface area contributed by atoms with E-state index in [4.69, 9.17) is 4.74 Å². The van der Waals surface area contributed by atoms with Crippen molar-refractivity contribution in [3.63, 3.8) is 0 Å². The minimum absolute atomic E-state index is 0.00858. The first-order valence-electron chi connectivity index (χ1n) is 18.5. The van der Waals surface area contributed by atoms with E-state index in [-0.39, 0.29) is 37.6 Å². The maximum atomic E-state index is 13.9. The molecule has 1 heterocycles. The predicted molar refractivity (Wildman–Crippen MR) is 200 cm³/mol. The van der Waals surface area contributed by atoms with Gasteiger partial charge in [-0.25, -0.2) is 4.79 Å². The number of ketones is 1. The fourth-order valence-corrected chi connectivity index (χ4v) is 4.73. The highest BCUT2D eigenvalue weighted by molar-refractivity contribution is 6.38. The first-order chi connectivity index (χ1) is 23.2. The summed E-state index contributed by atoms with van der Waals surface area (Å²) in [6, 6.07) is -3.73. The molecule has 5 atom stereocenters. The Hall–Kier alpha value is -3.44. The Morgan fingerprint density at radius 2 is 1.40 bits per heavy atom. The fraction of sp³-hybridized carbons (Fsp3) is 0.789. The summed E-state index contributed by atoms with van der Waals surface area (Å²) in [6.45, 7) is 30.9. The predicted octanol–water partition coefficient (Wildman–Crippen LogP) is 5.40. The molecule has 2 rings (SSSR count). The first-order valence-corrected chi connectivity index (χ1v) is 18.5. The van der Waals surface area contributed by atoms with Crippen LogP contribution in [0.1, 0.15) is 123 Å². The van der Waals surface area contributed by atoms with Gasteiger partial charge in [-0.05, 0) is 62.2 Å². The van der Waals surface area contributed by atoms with Gasteiger partial charge in [-0.2, -0.15) is 0 Å². The summed E-state index contributed by atoms with van der Waals surface area (Å²) in [7, 11) is 0. The molecule has 1 saturated heterocycles. The molecule has 12 nitrogen and oxygen atoms in total. The second-order valence-electron chi connectivity index (χ2n) is 14.9. The van der Waals surface area contributed by atoms with Gasteiger partial charge in [0.15, 0.2) is 0 Å². The largest absolute Gasteiger partial charge is 0.461 e. The van der Waals surface area contributed by atoms with Crippen molar-refractivity contribution >= 4 is 35.5 Å². The normalized spacial score (nSPS) is 18.3. The van der Waals surface area contributed by atoms with Crippen molar-refractivity contribution in [2.75, 3.05) is 19.6 Å². The van der Waals surface area contributed by atoms with Crippen LogP contribution in [0.25, 0.3) is 0 Å². The molecule has 0 bridgehead atoms. The quantitative estimate of drug-likeness (QED) is 0.113. The Morgan fingerprint density at radius 3 is 1.84 bits per heavy atom. The van der Waals surface area contributed by atoms with Gasteiger partial charge in [-0.1, -0.05) is 95.6 Å². The van der Waals surface area contributed by atoms with Crippen molar-refractivity contribution in [2.24, 2.45) is 29.1 Å². The lowest BCUT2D eigenvalue weighted by Crippen LogP contribution is -2.60. The van der Waals surface area contributed by atoms with E-state index < -0.39 is 59.0 Å². The third kappa shape index (κ3) is 19.1. The number of amides is 5. The minimum atomic E-state index is -1.10. The van der Waals surface area contributed by atoms with Crippen molar-refractivity contribution in [1.82, 2.24) is 26.2 Å².